The summed E-state index contributed by atoms with van der Waals surface area (Å²) in [4.78, 5) is 40.5. The van der Waals surface area contributed by atoms with Crippen LogP contribution in [-0.2, 0) is 24.2 Å². The van der Waals surface area contributed by atoms with Crippen LogP contribution < -0.4 is 20.3 Å². The van der Waals surface area contributed by atoms with E-state index >= 15 is 0 Å². The standard InChI is InChI=1S/C38H51N3O7S2/c1-7-10-14-17-27(4)35(36(43)39-28(5)37(44)45)40-34(42)24-48-31-23-33-30(22-32(31)49-6)41(29-18-15-13-16-19-29)25-38(20-11-8-2,21-12-9-3)26-50(33,46)47/h7,10,13-19,22-23,28,35H,4,8-9,11-12,20-21,24-26H2,1-3,5-6H3,(H,39,43)(H,40,42)(H,44,45)/b10-7-,17-14-/t28-,35+/m0/s1. The number of carboxylic acids is 1. The van der Waals surface area contributed by atoms with Gasteiger partial charge in [0, 0.05) is 23.7 Å². The minimum Gasteiger partial charge on any atom is -0.483 e. The molecule has 2 aromatic rings. The molecule has 3 rings (SSSR count). The number of aliphatic carboxylic acids is 1. The third-order valence-corrected chi connectivity index (χ3v) is 11.4. The van der Waals surface area contributed by atoms with E-state index in [0.717, 1.165) is 44.2 Å². The van der Waals surface area contributed by atoms with Gasteiger partial charge < -0.3 is 25.4 Å². The van der Waals surface area contributed by atoms with Crippen molar-refractivity contribution in [2.45, 2.75) is 88.1 Å². The highest BCUT2D eigenvalue weighted by atomic mass is 32.2. The maximum absolute atomic E-state index is 14.4. The molecule has 0 unspecified atom stereocenters. The molecule has 272 valence electrons. The largest absolute Gasteiger partial charge is 0.483 e. The van der Waals surface area contributed by atoms with Crippen molar-refractivity contribution < 1.29 is 32.6 Å². The first-order valence-corrected chi connectivity index (χ1v) is 19.9. The Morgan fingerprint density at radius 2 is 1.74 bits per heavy atom. The maximum Gasteiger partial charge on any atom is 0.325 e. The molecule has 12 heteroatoms. The molecule has 1 aliphatic rings. The van der Waals surface area contributed by atoms with Crippen LogP contribution in [0.5, 0.6) is 5.75 Å². The first-order valence-electron chi connectivity index (χ1n) is 17.0. The van der Waals surface area contributed by atoms with Gasteiger partial charge in [0.15, 0.2) is 16.4 Å². The Kier molecular flexibility index (Phi) is 15.2. The van der Waals surface area contributed by atoms with Gasteiger partial charge in [-0.15, -0.1) is 11.8 Å². The molecule has 0 saturated heterocycles. The lowest BCUT2D eigenvalue weighted by Crippen LogP contribution is -2.52. The summed E-state index contributed by atoms with van der Waals surface area (Å²) in [5, 5.41) is 14.2. The highest BCUT2D eigenvalue weighted by Crippen LogP contribution is 2.47. The third-order valence-electron chi connectivity index (χ3n) is 8.69. The average Bonchev–Trinajstić information content (AvgIpc) is 3.19. The molecule has 3 N–H and O–H groups in total. The van der Waals surface area contributed by atoms with Gasteiger partial charge >= 0.3 is 5.97 Å². The van der Waals surface area contributed by atoms with Gasteiger partial charge in [0.05, 0.1) is 21.2 Å². The lowest BCUT2D eigenvalue weighted by Gasteiger charge is -2.37. The minimum atomic E-state index is -3.80. The van der Waals surface area contributed by atoms with Crippen LogP contribution in [0.1, 0.15) is 66.2 Å². The van der Waals surface area contributed by atoms with E-state index in [1.165, 1.54) is 24.8 Å². The fourth-order valence-electron chi connectivity index (χ4n) is 6.00. The van der Waals surface area contributed by atoms with Crippen LogP contribution in [0.3, 0.4) is 0 Å². The number of sulfone groups is 1. The van der Waals surface area contributed by atoms with Crippen molar-refractivity contribution in [3.63, 3.8) is 0 Å². The molecule has 2 atom stereocenters. The van der Waals surface area contributed by atoms with Gasteiger partial charge in [-0.05, 0) is 56.7 Å². The van der Waals surface area contributed by atoms with Crippen LogP contribution in [-0.4, -0.2) is 68.6 Å². The Morgan fingerprint density at radius 3 is 2.32 bits per heavy atom. The molecule has 2 aromatic carbocycles. The van der Waals surface area contributed by atoms with Crippen LogP contribution >= 0.6 is 11.8 Å². The topological polar surface area (TPSA) is 142 Å². The number of amides is 2. The van der Waals surface area contributed by atoms with E-state index in [1.54, 1.807) is 24.3 Å². The molecular weight excluding hydrogens is 675 g/mol. The minimum absolute atomic E-state index is 0.00325. The van der Waals surface area contributed by atoms with Crippen molar-refractivity contribution >= 4 is 50.8 Å². The van der Waals surface area contributed by atoms with Crippen molar-refractivity contribution in [1.82, 2.24) is 10.6 Å². The van der Waals surface area contributed by atoms with Crippen LogP contribution in [0, 0.1) is 5.41 Å². The van der Waals surface area contributed by atoms with Crippen molar-refractivity contribution in [2.24, 2.45) is 5.41 Å². The molecule has 0 saturated carbocycles. The molecule has 0 spiro atoms. The maximum atomic E-state index is 14.4. The molecule has 50 heavy (non-hydrogen) atoms. The van der Waals surface area contributed by atoms with Crippen LogP contribution in [0.15, 0.2) is 88.7 Å². The summed E-state index contributed by atoms with van der Waals surface area (Å²) in [7, 11) is -3.80. The van der Waals surface area contributed by atoms with Crippen LogP contribution in [0.2, 0.25) is 0 Å². The molecule has 1 heterocycles. The summed E-state index contributed by atoms with van der Waals surface area (Å²) >= 11 is 1.37. The molecule has 0 radical (unpaired) electrons. The Morgan fingerprint density at radius 1 is 1.08 bits per heavy atom. The van der Waals surface area contributed by atoms with Gasteiger partial charge in [0.1, 0.15) is 17.8 Å². The number of carboxylic acid groups (broad SMARTS) is 1. The number of para-hydroxylation sites is 1. The number of benzene rings is 2. The highest BCUT2D eigenvalue weighted by molar-refractivity contribution is 7.98. The number of carbonyl (C=O) groups is 3. The van der Waals surface area contributed by atoms with Gasteiger partial charge in [0.25, 0.3) is 5.91 Å². The summed E-state index contributed by atoms with van der Waals surface area (Å²) in [6.45, 7) is 11.3. The fourth-order valence-corrected chi connectivity index (χ4v) is 8.66. The number of rotatable bonds is 18. The molecule has 2 amide bonds. The fraction of sp³-hybridized carbons (Fsp3) is 0.447. The summed E-state index contributed by atoms with van der Waals surface area (Å²) in [5.74, 6) is -2.43. The molecule has 10 nitrogen and oxygen atoms in total. The molecule has 0 aliphatic carbocycles. The second kappa shape index (κ2) is 18.8. The zero-order valence-corrected chi connectivity index (χ0v) is 31.4. The molecule has 0 fully saturated rings. The molecular formula is C38H51N3O7S2. The van der Waals surface area contributed by atoms with Crippen molar-refractivity contribution in [1.29, 1.82) is 0 Å². The predicted molar refractivity (Wildman–Crippen MR) is 201 cm³/mol. The Labute approximate surface area is 301 Å². The zero-order chi connectivity index (χ0) is 36.9. The number of thioether (sulfide) groups is 1. The van der Waals surface area contributed by atoms with E-state index in [-0.39, 0.29) is 22.0 Å². The Bertz CT molecular complexity index is 1660. The summed E-state index contributed by atoms with van der Waals surface area (Å²) in [6, 6.07) is 10.7. The summed E-state index contributed by atoms with van der Waals surface area (Å²) in [6.07, 6.45) is 13.9. The SMILES string of the molecule is C=C(/C=C\C=C/C)[C@@H](NC(=O)COc1cc2c(cc1SC)N(c1ccccc1)CC(CCCC)(CCCC)CS2(=O)=O)C(=O)N[C@@H](C)C(=O)O. The Hall–Kier alpha value is -4.03. The lowest BCUT2D eigenvalue weighted by atomic mass is 9.79. The number of fused-ring (bicyclic) bond motifs is 1. The predicted octanol–water partition coefficient (Wildman–Crippen LogP) is 6.84. The number of nitrogens with one attached hydrogen (secondary N) is 2. The monoisotopic (exact) mass is 725 g/mol. The first kappa shape index (κ1) is 40.4. The number of hydrogen-bond acceptors (Lipinski definition) is 8. The van der Waals surface area contributed by atoms with Crippen LogP contribution in [0.4, 0.5) is 11.4 Å². The van der Waals surface area contributed by atoms with Gasteiger partial charge in [-0.1, -0.05) is 88.6 Å². The van der Waals surface area contributed by atoms with E-state index < -0.39 is 51.7 Å². The number of carbonyl (C=O) groups excluding carboxylic acids is 2. The van der Waals surface area contributed by atoms with E-state index in [9.17, 15) is 27.9 Å². The average molecular weight is 726 g/mol. The highest BCUT2D eigenvalue weighted by Gasteiger charge is 2.42. The normalized spacial score (nSPS) is 16.3. The second-order valence-corrected chi connectivity index (χ2v) is 15.5. The van der Waals surface area contributed by atoms with Gasteiger partial charge in [-0.2, -0.15) is 0 Å². The van der Waals surface area contributed by atoms with Gasteiger partial charge in [-0.3, -0.25) is 14.4 Å². The summed E-state index contributed by atoms with van der Waals surface area (Å²) < 4.78 is 34.7. The first-order chi connectivity index (χ1) is 23.8. The number of unbranched alkanes of at least 4 members (excludes halogenated alkanes) is 2. The quantitative estimate of drug-likeness (QED) is 0.111. The van der Waals surface area contributed by atoms with E-state index in [0.29, 0.717) is 17.1 Å². The molecule has 0 aromatic heterocycles. The third kappa shape index (κ3) is 10.7. The van der Waals surface area contributed by atoms with Gasteiger partial charge in [-0.25, -0.2) is 8.42 Å². The van der Waals surface area contributed by atoms with Gasteiger partial charge in [0.2, 0.25) is 5.91 Å². The second-order valence-electron chi connectivity index (χ2n) is 12.7. The zero-order valence-electron chi connectivity index (χ0n) is 29.7. The van der Waals surface area contributed by atoms with E-state index in [1.807, 2.05) is 49.6 Å². The van der Waals surface area contributed by atoms with E-state index in [4.69, 9.17) is 4.74 Å². The van der Waals surface area contributed by atoms with Crippen LogP contribution in [0.25, 0.3) is 0 Å². The Balaban J connectivity index is 2.00. The number of nitrogens with zero attached hydrogens (tertiary/aromatic N) is 1. The number of anilines is 2. The van der Waals surface area contributed by atoms with Crippen molar-refractivity contribution in [3.05, 3.63) is 78.9 Å². The van der Waals surface area contributed by atoms with Crippen molar-refractivity contribution in [2.75, 3.05) is 30.1 Å². The number of hydrogen-bond donors (Lipinski definition) is 3. The smallest absolute Gasteiger partial charge is 0.325 e. The number of ether oxygens (including phenoxy) is 1. The number of allylic oxidation sites excluding steroid dienone is 3. The molecule has 1 aliphatic heterocycles. The molecule has 0 bridgehead atoms. The van der Waals surface area contributed by atoms with Crippen molar-refractivity contribution in [3.8, 4) is 5.75 Å². The van der Waals surface area contributed by atoms with E-state index in [2.05, 4.69) is 36.0 Å². The summed E-state index contributed by atoms with van der Waals surface area (Å²) in [5.41, 5.74) is 1.23. The lowest BCUT2D eigenvalue weighted by molar-refractivity contribution is -0.141.